The third-order valence-corrected chi connectivity index (χ3v) is 19.7. The molecule has 0 aromatic heterocycles. The minimum Gasteiger partial charge on any atom is -0.418 e. The molecule has 0 aromatic carbocycles. The topological polar surface area (TPSA) is 0 Å². The predicted molar refractivity (Wildman–Crippen MR) is 191 cm³/mol. The number of rotatable bonds is 0. The molecule has 3 fully saturated rings. The van der Waals surface area contributed by atoms with Gasteiger partial charge in [-0.15, -0.1) is 0 Å². The first kappa shape index (κ1) is 51.9. The Morgan fingerprint density at radius 3 is 0.556 bits per heavy atom. The van der Waals surface area contributed by atoms with Crippen molar-refractivity contribution >= 4 is 39.1 Å². The van der Waals surface area contributed by atoms with Crippen molar-refractivity contribution in [3.05, 3.63) is 61.2 Å². The van der Waals surface area contributed by atoms with Crippen molar-refractivity contribution in [2.24, 2.45) is 32.5 Å². The molecule has 0 bridgehead atoms. The van der Waals surface area contributed by atoms with Gasteiger partial charge in [0.05, 0.1) is 0 Å². The van der Waals surface area contributed by atoms with Gasteiger partial charge in [0.15, 0.2) is 0 Å². The molecule has 11 heteroatoms. The Balaban J connectivity index is -0.000000593. The van der Waals surface area contributed by atoms with E-state index in [-0.39, 0.29) is 66.0 Å². The van der Waals surface area contributed by atoms with Crippen LogP contribution in [0.2, 0.25) is 0 Å². The van der Waals surface area contributed by atoms with E-state index in [1.165, 1.54) is 35.5 Å². The molecule has 0 atom stereocenters. The molecule has 1 aliphatic heterocycles. The first-order valence-electron chi connectivity index (χ1n) is 15.0. The van der Waals surface area contributed by atoms with E-state index in [2.05, 4.69) is 150 Å². The summed E-state index contributed by atoms with van der Waals surface area (Å²) in [4.78, 5) is 0. The van der Waals surface area contributed by atoms with Crippen LogP contribution in [0.4, 0.5) is 17.3 Å². The van der Waals surface area contributed by atoms with Gasteiger partial charge in [-0.25, -0.2) is 0 Å². The quantitative estimate of drug-likeness (QED) is 0.130. The van der Waals surface area contributed by atoms with E-state index in [4.69, 9.17) is 0 Å². The van der Waals surface area contributed by atoms with Crippen molar-refractivity contribution in [3.63, 3.8) is 0 Å². The molecule has 16 radical (unpaired) electrons. The average Bonchev–Trinajstić information content (AvgIpc) is 3.30. The van der Waals surface area contributed by atoms with Crippen LogP contribution in [0, 0.1) is 93.7 Å². The van der Waals surface area contributed by atoms with Crippen LogP contribution in [0.25, 0.3) is 0 Å². The van der Waals surface area contributed by atoms with Gasteiger partial charge in [0.1, 0.15) is 0 Å². The third kappa shape index (κ3) is 20.8. The van der Waals surface area contributed by atoms with E-state index < -0.39 is 7.25 Å². The second-order valence-corrected chi connectivity index (χ2v) is 26.8. The maximum atomic E-state index is 9.75. The SMILES string of the molecule is CC(C)(C)[C]1[CH][C](C(C)(C)C)[C](C(C)(C)C)[CH]1.CC(C)(C)[C]1[CH][C](C(C)(C)C)[C](C(C)(C)C)[CH]1.F[B-](F)(F)F.[Co].[Co].[P]1[P][P][P]1. The molecule has 45 heavy (non-hydrogen) atoms. The van der Waals surface area contributed by atoms with Gasteiger partial charge in [0.2, 0.25) is 0 Å². The van der Waals surface area contributed by atoms with Crippen molar-refractivity contribution in [3.8, 4) is 0 Å². The molecule has 264 valence electrons. The van der Waals surface area contributed by atoms with Gasteiger partial charge in [-0.3, -0.25) is 0 Å². The maximum Gasteiger partial charge on any atom is 0.673 e. The van der Waals surface area contributed by atoms with Gasteiger partial charge in [-0.05, 0) is 93.7 Å². The van der Waals surface area contributed by atoms with E-state index >= 15 is 0 Å². The smallest absolute Gasteiger partial charge is 0.418 e. The molecule has 2 aliphatic carbocycles. The van der Waals surface area contributed by atoms with Crippen LogP contribution in [0.5, 0.6) is 0 Å². The fourth-order valence-corrected chi connectivity index (χ4v) is 7.60. The summed E-state index contributed by atoms with van der Waals surface area (Å²) in [5, 5.41) is 0. The number of hydrogen-bond donors (Lipinski definition) is 0. The Hall–Kier alpha value is 2.52. The number of hydrogen-bond acceptors (Lipinski definition) is 0. The van der Waals surface area contributed by atoms with E-state index in [9.17, 15) is 17.3 Å². The molecular weight excluding hydrogens is 737 g/mol. The second-order valence-electron chi connectivity index (χ2n) is 17.5. The molecule has 1 heterocycles. The Morgan fingerprint density at radius 2 is 0.489 bits per heavy atom. The zero-order valence-corrected chi connectivity index (χ0v) is 36.5. The molecule has 0 amide bonds. The van der Waals surface area contributed by atoms with E-state index in [0.717, 1.165) is 0 Å². The van der Waals surface area contributed by atoms with Crippen LogP contribution >= 0.6 is 31.8 Å². The molecule has 2 saturated carbocycles. The van der Waals surface area contributed by atoms with Crippen molar-refractivity contribution in [2.45, 2.75) is 125 Å². The van der Waals surface area contributed by atoms with Gasteiger partial charge in [-0.2, -0.15) is 0 Å². The summed E-state index contributed by atoms with van der Waals surface area (Å²) in [7, 11) is 0.444. The van der Waals surface area contributed by atoms with E-state index in [1.54, 1.807) is 31.8 Å². The zero-order valence-electron chi connectivity index (χ0n) is 30.9. The van der Waals surface area contributed by atoms with Crippen LogP contribution in [0.1, 0.15) is 125 Å². The Kier molecular flexibility index (Phi) is 22.3. The standard InChI is InChI=1S/2C17H29.BF4.2Co.P4/c2*1-15(2,3)12-10-13(16(4,5)6)14(11-12)17(7,8)9;2-1(3,4)5;;;1-2-4-3-1/h2*10-11H,1-9H3;;;;/q;;-1;;;. The molecule has 1 saturated heterocycles. The molecule has 0 spiro atoms. The Morgan fingerprint density at radius 1 is 0.356 bits per heavy atom. The molecule has 0 nitrogen and oxygen atoms in total. The van der Waals surface area contributed by atoms with Crippen molar-refractivity contribution < 1.29 is 50.8 Å². The van der Waals surface area contributed by atoms with Gasteiger partial charge >= 0.3 is 7.25 Å². The van der Waals surface area contributed by atoms with Gasteiger partial charge in [-0.1, -0.05) is 125 Å². The van der Waals surface area contributed by atoms with Gasteiger partial charge in [0, 0.05) is 65.4 Å². The molecule has 0 unspecified atom stereocenters. The minimum absolute atomic E-state index is 0. The van der Waals surface area contributed by atoms with E-state index in [0.29, 0.717) is 0 Å². The first-order chi connectivity index (χ1) is 18.7. The summed E-state index contributed by atoms with van der Waals surface area (Å²) >= 11 is 0. The van der Waals surface area contributed by atoms with Crippen molar-refractivity contribution in [1.29, 1.82) is 0 Å². The Labute approximate surface area is 306 Å². The van der Waals surface area contributed by atoms with Gasteiger partial charge in [0.25, 0.3) is 0 Å². The van der Waals surface area contributed by atoms with Crippen LogP contribution in [-0.4, -0.2) is 7.25 Å². The van der Waals surface area contributed by atoms with Gasteiger partial charge < -0.3 is 17.3 Å². The maximum absolute atomic E-state index is 9.75. The monoisotopic (exact) mass is 795 g/mol. The van der Waals surface area contributed by atoms with Crippen LogP contribution in [0.3, 0.4) is 0 Å². The molecular formula is C34H58BCo2F4P4-. The average molecular weight is 795 g/mol. The summed E-state index contributed by atoms with van der Waals surface area (Å²) in [6, 6.07) is 0. The van der Waals surface area contributed by atoms with Crippen molar-refractivity contribution in [2.75, 3.05) is 0 Å². The number of halogens is 4. The first-order valence-corrected chi connectivity index (χ1v) is 21.4. The zero-order chi connectivity index (χ0) is 34.6. The summed E-state index contributed by atoms with van der Waals surface area (Å²) in [6.07, 6.45) is 9.67. The predicted octanol–water partition coefficient (Wildman–Crippen LogP) is 15.3. The fourth-order valence-electron chi connectivity index (χ4n) is 4.40. The Bertz CT molecular complexity index is 701. The summed E-state index contributed by atoms with van der Waals surface area (Å²) < 4.78 is 39.0. The molecule has 3 aliphatic rings. The molecule has 0 N–H and O–H groups in total. The fraction of sp³-hybridized carbons (Fsp3) is 0.706. The minimum atomic E-state index is -6.00. The summed E-state index contributed by atoms with van der Waals surface area (Å²) in [6.45, 7) is 41.5. The van der Waals surface area contributed by atoms with Crippen LogP contribution in [0.15, 0.2) is 0 Å². The summed E-state index contributed by atoms with van der Waals surface area (Å²) in [5.41, 5.74) is 1.39. The summed E-state index contributed by atoms with van der Waals surface area (Å²) in [5.74, 6) is 8.97. The van der Waals surface area contributed by atoms with E-state index in [1.807, 2.05) is 0 Å². The second kappa shape index (κ2) is 19.4. The van der Waals surface area contributed by atoms with Crippen molar-refractivity contribution in [1.82, 2.24) is 0 Å². The van der Waals surface area contributed by atoms with Crippen LogP contribution < -0.4 is 0 Å². The normalized spacial score (nSPS) is 22.5. The third-order valence-electron chi connectivity index (χ3n) is 6.90. The molecule has 3 rings (SSSR count). The van der Waals surface area contributed by atoms with Crippen LogP contribution in [-0.2, 0) is 33.6 Å². The molecule has 0 aromatic rings. The largest absolute Gasteiger partial charge is 0.673 e.